The second kappa shape index (κ2) is 4.71. The van der Waals surface area contributed by atoms with E-state index >= 15 is 0 Å². The molecule has 0 rings (SSSR count). The van der Waals surface area contributed by atoms with Gasteiger partial charge in [-0.3, -0.25) is 4.79 Å². The Hall–Kier alpha value is -0.440. The van der Waals surface area contributed by atoms with Crippen LogP contribution in [-0.4, -0.2) is 17.4 Å². The Kier molecular flexibility index (Phi) is 4.45. The average molecular weight is 177 g/mol. The van der Waals surface area contributed by atoms with Crippen LogP contribution in [0, 0.1) is 0 Å². The normalized spacial score (nSPS) is 13.6. The first kappa shape index (κ1) is 7.56. The van der Waals surface area contributed by atoms with E-state index in [4.69, 9.17) is 0 Å². The summed E-state index contributed by atoms with van der Waals surface area (Å²) in [7, 11) is 0. The van der Waals surface area contributed by atoms with Crippen LogP contribution < -0.4 is 0 Å². The summed E-state index contributed by atoms with van der Waals surface area (Å²) in [5.74, 6) is 0. The van der Waals surface area contributed by atoms with Gasteiger partial charge in [-0.1, -0.05) is 22.0 Å². The first-order chi connectivity index (χ1) is 3.81. The van der Waals surface area contributed by atoms with Crippen LogP contribution in [0.15, 0.2) is 12.2 Å². The second-order valence-electron chi connectivity index (χ2n) is 1.10. The number of allylic oxidation sites excluding steroid dienone is 2. The minimum absolute atomic E-state index is 0.326. The Morgan fingerprint density at radius 2 is 2.00 bits per heavy atom. The van der Waals surface area contributed by atoms with E-state index < -0.39 is 0 Å². The van der Waals surface area contributed by atoms with E-state index in [2.05, 4.69) is 15.9 Å². The van der Waals surface area contributed by atoms with Gasteiger partial charge in [-0.25, -0.2) is 0 Å². The van der Waals surface area contributed by atoms with E-state index in [0.29, 0.717) is 12.6 Å². The number of alkyl halides is 1. The van der Waals surface area contributed by atoms with Crippen LogP contribution in [0.25, 0.3) is 0 Å². The van der Waals surface area contributed by atoms with Crippen molar-refractivity contribution in [3.05, 3.63) is 12.2 Å². The molecule has 0 spiro atoms. The SMILES string of the molecule is O=C/C=C/C(Br)C=O. The van der Waals surface area contributed by atoms with Gasteiger partial charge in [-0.05, 0) is 6.08 Å². The zero-order valence-corrected chi connectivity index (χ0v) is 5.67. The van der Waals surface area contributed by atoms with Gasteiger partial charge in [0.2, 0.25) is 0 Å². The van der Waals surface area contributed by atoms with E-state index in [-0.39, 0.29) is 4.83 Å². The van der Waals surface area contributed by atoms with E-state index in [1.165, 1.54) is 12.2 Å². The number of halogens is 1. The molecule has 0 saturated heterocycles. The van der Waals surface area contributed by atoms with E-state index in [1.807, 2.05) is 0 Å². The lowest BCUT2D eigenvalue weighted by Gasteiger charge is -1.83. The fourth-order valence-corrected chi connectivity index (χ4v) is 0.373. The lowest BCUT2D eigenvalue weighted by Crippen LogP contribution is -1.91. The van der Waals surface area contributed by atoms with Crippen molar-refractivity contribution in [3.63, 3.8) is 0 Å². The van der Waals surface area contributed by atoms with Crippen LogP contribution >= 0.6 is 15.9 Å². The van der Waals surface area contributed by atoms with Crippen molar-refractivity contribution in [2.45, 2.75) is 4.83 Å². The van der Waals surface area contributed by atoms with Crippen molar-refractivity contribution in [2.24, 2.45) is 0 Å². The highest BCUT2D eigenvalue weighted by Gasteiger charge is 1.90. The molecule has 0 aliphatic rings. The molecule has 1 atom stereocenters. The van der Waals surface area contributed by atoms with Gasteiger partial charge in [0.1, 0.15) is 12.6 Å². The van der Waals surface area contributed by atoms with Crippen molar-refractivity contribution in [2.75, 3.05) is 0 Å². The molecule has 2 nitrogen and oxygen atoms in total. The van der Waals surface area contributed by atoms with E-state index in [0.717, 1.165) is 0 Å². The summed E-state index contributed by atoms with van der Waals surface area (Å²) in [5, 5.41) is 0. The van der Waals surface area contributed by atoms with Crippen molar-refractivity contribution < 1.29 is 9.59 Å². The zero-order valence-electron chi connectivity index (χ0n) is 4.08. The molecule has 0 bridgehead atoms. The van der Waals surface area contributed by atoms with Crippen LogP contribution in [-0.2, 0) is 9.59 Å². The predicted molar refractivity (Wildman–Crippen MR) is 34.0 cm³/mol. The third kappa shape index (κ3) is 3.74. The van der Waals surface area contributed by atoms with Crippen molar-refractivity contribution >= 4 is 28.5 Å². The summed E-state index contributed by atoms with van der Waals surface area (Å²) in [4.78, 5) is 19.1. The summed E-state index contributed by atoms with van der Waals surface area (Å²) in [6, 6.07) is 0. The molecule has 0 N–H and O–H groups in total. The highest BCUT2D eigenvalue weighted by Crippen LogP contribution is 1.94. The Bertz CT molecular complexity index is 109. The quantitative estimate of drug-likeness (QED) is 0.361. The molecule has 3 heteroatoms. The summed E-state index contributed by atoms with van der Waals surface area (Å²) < 4.78 is 0. The maximum absolute atomic E-state index is 9.80. The van der Waals surface area contributed by atoms with Gasteiger partial charge in [0.25, 0.3) is 0 Å². The van der Waals surface area contributed by atoms with Crippen LogP contribution in [0.2, 0.25) is 0 Å². The number of hydrogen-bond donors (Lipinski definition) is 0. The lowest BCUT2D eigenvalue weighted by molar-refractivity contribution is -0.106. The van der Waals surface area contributed by atoms with Gasteiger partial charge in [0, 0.05) is 0 Å². The molecule has 0 saturated carbocycles. The minimum atomic E-state index is -0.326. The summed E-state index contributed by atoms with van der Waals surface area (Å²) in [5.41, 5.74) is 0. The molecule has 44 valence electrons. The number of carbonyl (C=O) groups is 2. The Morgan fingerprint density at radius 3 is 2.38 bits per heavy atom. The monoisotopic (exact) mass is 176 g/mol. The third-order valence-corrected chi connectivity index (χ3v) is 1.02. The van der Waals surface area contributed by atoms with Crippen LogP contribution in [0.3, 0.4) is 0 Å². The molecule has 0 aliphatic carbocycles. The van der Waals surface area contributed by atoms with Crippen molar-refractivity contribution in [1.29, 1.82) is 0 Å². The molecule has 0 amide bonds. The molecule has 0 aromatic carbocycles. The zero-order chi connectivity index (χ0) is 6.41. The van der Waals surface area contributed by atoms with Gasteiger partial charge in [0.05, 0.1) is 4.83 Å². The summed E-state index contributed by atoms with van der Waals surface area (Å²) in [6.45, 7) is 0. The standard InChI is InChI=1S/C5H5BrO2/c6-5(4-8)2-1-3-7/h1-5H/b2-1+. The fraction of sp³-hybridized carbons (Fsp3) is 0.200. The highest BCUT2D eigenvalue weighted by atomic mass is 79.9. The van der Waals surface area contributed by atoms with Crippen LogP contribution in [0.4, 0.5) is 0 Å². The van der Waals surface area contributed by atoms with Gasteiger partial charge in [0.15, 0.2) is 0 Å². The third-order valence-electron chi connectivity index (χ3n) is 0.504. The number of rotatable bonds is 3. The molecule has 0 heterocycles. The van der Waals surface area contributed by atoms with Gasteiger partial charge < -0.3 is 4.79 Å². The van der Waals surface area contributed by atoms with Crippen molar-refractivity contribution in [3.8, 4) is 0 Å². The fourth-order valence-electron chi connectivity index (χ4n) is 0.197. The molecule has 0 fully saturated rings. The number of aldehydes is 2. The molecule has 0 aliphatic heterocycles. The first-order valence-electron chi connectivity index (χ1n) is 2.02. The molecule has 1 unspecified atom stereocenters. The smallest absolute Gasteiger partial charge is 0.142 e. The molecular weight excluding hydrogens is 172 g/mol. The Balaban J connectivity index is 3.50. The highest BCUT2D eigenvalue weighted by molar-refractivity contribution is 9.10. The molecule has 0 radical (unpaired) electrons. The summed E-state index contributed by atoms with van der Waals surface area (Å²) >= 11 is 2.96. The van der Waals surface area contributed by atoms with Crippen LogP contribution in [0.5, 0.6) is 0 Å². The minimum Gasteiger partial charge on any atom is -0.302 e. The molecule has 0 aromatic rings. The first-order valence-corrected chi connectivity index (χ1v) is 2.94. The maximum Gasteiger partial charge on any atom is 0.142 e. The van der Waals surface area contributed by atoms with Crippen LogP contribution in [0.1, 0.15) is 0 Å². The molecular formula is C5H5BrO2. The number of carbonyl (C=O) groups excluding carboxylic acids is 2. The lowest BCUT2D eigenvalue weighted by atomic mass is 10.4. The topological polar surface area (TPSA) is 34.1 Å². The second-order valence-corrected chi connectivity index (χ2v) is 2.16. The van der Waals surface area contributed by atoms with Gasteiger partial charge in [-0.2, -0.15) is 0 Å². The van der Waals surface area contributed by atoms with Crippen molar-refractivity contribution in [1.82, 2.24) is 0 Å². The molecule has 8 heavy (non-hydrogen) atoms. The van der Waals surface area contributed by atoms with Gasteiger partial charge in [-0.15, -0.1) is 0 Å². The van der Waals surface area contributed by atoms with E-state index in [9.17, 15) is 9.59 Å². The Labute approximate surface area is 55.7 Å². The average Bonchev–Trinajstić information content (AvgIpc) is 1.83. The maximum atomic E-state index is 9.80. The summed E-state index contributed by atoms with van der Waals surface area (Å²) in [6.07, 6.45) is 4.05. The largest absolute Gasteiger partial charge is 0.302 e. The predicted octanol–water partition coefficient (Wildman–Crippen LogP) is 0.704. The number of hydrogen-bond acceptors (Lipinski definition) is 2. The van der Waals surface area contributed by atoms with Gasteiger partial charge >= 0.3 is 0 Å². The Morgan fingerprint density at radius 1 is 1.38 bits per heavy atom. The van der Waals surface area contributed by atoms with E-state index in [1.54, 1.807) is 0 Å². The molecule has 0 aromatic heterocycles.